The monoisotopic (exact) mass is 752 g/mol. The van der Waals surface area contributed by atoms with Crippen molar-refractivity contribution in [3.63, 3.8) is 0 Å². The molecule has 0 radical (unpaired) electrons. The lowest BCUT2D eigenvalue weighted by atomic mass is 9.63. The minimum Gasteiger partial charge on any atom is -0.487 e. The van der Waals surface area contributed by atoms with Gasteiger partial charge in [0.2, 0.25) is 10.0 Å². The van der Waals surface area contributed by atoms with E-state index in [4.69, 9.17) is 21.1 Å². The molecule has 1 amide bonds. The van der Waals surface area contributed by atoms with Crippen molar-refractivity contribution in [3.8, 4) is 5.75 Å². The van der Waals surface area contributed by atoms with Gasteiger partial charge in [0.15, 0.2) is 0 Å². The number of sulfonamides is 1. The Morgan fingerprint density at radius 1 is 1.06 bits per heavy atom. The van der Waals surface area contributed by atoms with Crippen LogP contribution in [0.25, 0.3) is 0 Å². The molecule has 284 valence electrons. The molecule has 7 rings (SSSR count). The smallest absolute Gasteiger partial charge is 0.264 e. The van der Waals surface area contributed by atoms with Crippen molar-refractivity contribution in [3.05, 3.63) is 70.3 Å². The predicted octanol–water partition coefficient (Wildman–Crippen LogP) is 6.89. The van der Waals surface area contributed by atoms with E-state index in [-0.39, 0.29) is 11.8 Å². The van der Waals surface area contributed by atoms with Crippen LogP contribution in [-0.2, 0) is 27.8 Å². The molecular formula is C41H57ClN4O5S. The number of ether oxygens (including phenoxy) is 2. The molecule has 4 aliphatic heterocycles. The number of nitrogens with zero attached hydrogens (tertiary/aromatic N) is 3. The second-order valence-corrected chi connectivity index (χ2v) is 19.0. The van der Waals surface area contributed by atoms with E-state index in [0.29, 0.717) is 48.4 Å². The molecule has 2 aromatic carbocycles. The first kappa shape index (κ1) is 37.7. The van der Waals surface area contributed by atoms with E-state index in [0.717, 1.165) is 81.1 Å². The Balaban J connectivity index is 1.27. The molecule has 9 nitrogen and oxygen atoms in total. The highest BCUT2D eigenvalue weighted by atomic mass is 35.5. The molecule has 7 atom stereocenters. The van der Waals surface area contributed by atoms with Gasteiger partial charge in [-0.15, -0.1) is 0 Å². The van der Waals surface area contributed by atoms with Gasteiger partial charge >= 0.3 is 0 Å². The van der Waals surface area contributed by atoms with Crippen LogP contribution in [0.4, 0.5) is 5.69 Å². The van der Waals surface area contributed by atoms with Gasteiger partial charge in [-0.1, -0.05) is 36.7 Å². The summed E-state index contributed by atoms with van der Waals surface area (Å²) in [5.41, 5.74) is 2.90. The summed E-state index contributed by atoms with van der Waals surface area (Å²) < 4.78 is 42.9. The van der Waals surface area contributed by atoms with Crippen LogP contribution in [0.1, 0.15) is 87.7 Å². The van der Waals surface area contributed by atoms with Crippen molar-refractivity contribution in [2.45, 2.75) is 102 Å². The maximum atomic E-state index is 13.6. The van der Waals surface area contributed by atoms with Crippen LogP contribution in [0.5, 0.6) is 5.75 Å². The number of carbonyl (C=O) groups is 1. The van der Waals surface area contributed by atoms with Crippen LogP contribution < -0.4 is 14.4 Å². The average molecular weight is 753 g/mol. The Morgan fingerprint density at radius 3 is 2.62 bits per heavy atom. The van der Waals surface area contributed by atoms with Gasteiger partial charge in [0.1, 0.15) is 18.0 Å². The lowest BCUT2D eigenvalue weighted by molar-refractivity contribution is -0.106. The van der Waals surface area contributed by atoms with Gasteiger partial charge in [-0.05, 0) is 131 Å². The molecule has 5 aliphatic rings. The quantitative estimate of drug-likeness (QED) is 0.338. The topological polar surface area (TPSA) is 91.4 Å². The summed E-state index contributed by atoms with van der Waals surface area (Å²) in [6.45, 7) is 13.3. The van der Waals surface area contributed by atoms with Gasteiger partial charge < -0.3 is 14.4 Å². The predicted molar refractivity (Wildman–Crippen MR) is 207 cm³/mol. The molecular weight excluding hydrogens is 696 g/mol. The Kier molecular flexibility index (Phi) is 11.0. The molecule has 4 heterocycles. The van der Waals surface area contributed by atoms with Crippen LogP contribution in [-0.4, -0.2) is 87.0 Å². The highest BCUT2D eigenvalue weighted by Crippen LogP contribution is 2.48. The maximum Gasteiger partial charge on any atom is 0.264 e. The number of hydrogen-bond donors (Lipinski definition) is 1. The number of aryl methyl sites for hydroxylation is 1. The minimum absolute atomic E-state index is 0.213. The number of likely N-dealkylation sites (tertiary alicyclic amines) is 2. The number of allylic oxidation sites excluding steroid dienone is 1. The van der Waals surface area contributed by atoms with Gasteiger partial charge in [0.25, 0.3) is 5.91 Å². The summed E-state index contributed by atoms with van der Waals surface area (Å²) in [4.78, 5) is 21.3. The zero-order chi connectivity index (χ0) is 36.8. The third-order valence-electron chi connectivity index (χ3n) is 13.0. The third kappa shape index (κ3) is 7.52. The van der Waals surface area contributed by atoms with Crippen molar-refractivity contribution in [1.29, 1.82) is 0 Å². The SMILES string of the molecule is CO[C@]1(CN2C[C@H]3CC2N(C(C)C)C3)/C=C/C[C@H](C)[C@@H](C)S(=O)(=O)NC(=O)c2ccc3c(c2)N(CCCCc2cc(Cl)ccc2CO3)C[C@@H]2CC[C@H]21. The zero-order valence-corrected chi connectivity index (χ0v) is 33.1. The first-order chi connectivity index (χ1) is 24.9. The fourth-order valence-electron chi connectivity index (χ4n) is 9.55. The van der Waals surface area contributed by atoms with Gasteiger partial charge in [-0.3, -0.25) is 14.6 Å². The number of rotatable bonds is 4. The average Bonchev–Trinajstić information content (AvgIpc) is 3.69. The molecule has 4 bridgehead atoms. The molecule has 1 N–H and O–H groups in total. The van der Waals surface area contributed by atoms with E-state index in [1.54, 1.807) is 13.0 Å². The fourth-order valence-corrected chi connectivity index (χ4v) is 11.0. The highest BCUT2D eigenvalue weighted by molar-refractivity contribution is 7.90. The number of halogens is 1. The minimum atomic E-state index is -3.95. The summed E-state index contributed by atoms with van der Waals surface area (Å²) in [6, 6.07) is 11.8. The largest absolute Gasteiger partial charge is 0.487 e. The number of fused-ring (bicyclic) bond motifs is 5. The van der Waals surface area contributed by atoms with Crippen LogP contribution >= 0.6 is 11.6 Å². The summed E-state index contributed by atoms with van der Waals surface area (Å²) in [5.74, 6) is 1.18. The van der Waals surface area contributed by atoms with Gasteiger partial charge in [0.05, 0.1) is 17.1 Å². The van der Waals surface area contributed by atoms with Crippen LogP contribution in [0.15, 0.2) is 48.6 Å². The zero-order valence-electron chi connectivity index (χ0n) is 31.5. The Bertz CT molecular complexity index is 1770. The van der Waals surface area contributed by atoms with Crippen LogP contribution in [0.3, 0.4) is 0 Å². The molecule has 2 saturated heterocycles. The summed E-state index contributed by atoms with van der Waals surface area (Å²) >= 11 is 6.41. The number of hydrogen-bond acceptors (Lipinski definition) is 8. The highest BCUT2D eigenvalue weighted by Gasteiger charge is 2.52. The van der Waals surface area contributed by atoms with Crippen molar-refractivity contribution in [2.24, 2.45) is 23.7 Å². The van der Waals surface area contributed by atoms with Gasteiger partial charge in [-0.25, -0.2) is 13.1 Å². The van der Waals surface area contributed by atoms with Crippen molar-refractivity contribution < 1.29 is 22.7 Å². The van der Waals surface area contributed by atoms with Crippen molar-refractivity contribution >= 4 is 33.2 Å². The van der Waals surface area contributed by atoms with E-state index < -0.39 is 26.8 Å². The number of methoxy groups -OCH3 is 1. The molecule has 0 spiro atoms. The van der Waals surface area contributed by atoms with E-state index in [1.807, 2.05) is 44.4 Å². The number of amides is 1. The number of benzene rings is 2. The van der Waals surface area contributed by atoms with Crippen LogP contribution in [0.2, 0.25) is 5.02 Å². The standard InChI is InChI=1S/C41H57ClN4O5S/c1-27(2)46-23-30-19-39(46)45(22-30)26-41(50-5)17-8-9-28(3)29(4)52(48,49)43-40(47)32-13-16-38-37(21-32)44(24-33-12-15-36(33)41)18-7-6-10-31-20-35(42)14-11-34(31)25-51-38/h8,11,13-14,16-17,20-21,27-30,33,36,39H,6-7,9-10,12,15,18-19,22-26H2,1-5H3,(H,43,47)/b17-8+/t28-,29+,30+,33-,36+,39?,41-/m0/s1. The molecule has 11 heteroatoms. The van der Waals surface area contributed by atoms with Crippen LogP contribution in [0, 0.1) is 23.7 Å². The lowest BCUT2D eigenvalue weighted by Gasteiger charge is -2.52. The Morgan fingerprint density at radius 2 is 1.88 bits per heavy atom. The van der Waals surface area contributed by atoms with Crippen molar-refractivity contribution in [1.82, 2.24) is 14.5 Å². The molecule has 2 aromatic rings. The van der Waals surface area contributed by atoms with Gasteiger partial charge in [-0.2, -0.15) is 0 Å². The van der Waals surface area contributed by atoms with Gasteiger partial charge in [0, 0.05) is 56.5 Å². The second-order valence-electron chi connectivity index (χ2n) is 16.5. The molecule has 52 heavy (non-hydrogen) atoms. The number of anilines is 1. The number of carbonyl (C=O) groups excluding carboxylic acids is 1. The summed E-state index contributed by atoms with van der Waals surface area (Å²) in [7, 11) is -2.09. The normalized spacial score (nSPS) is 33.3. The third-order valence-corrected chi connectivity index (χ3v) is 15.1. The summed E-state index contributed by atoms with van der Waals surface area (Å²) in [5, 5.41) is -0.0515. The maximum absolute atomic E-state index is 13.6. The number of nitrogens with one attached hydrogen (secondary N) is 1. The first-order valence-electron chi connectivity index (χ1n) is 19.4. The van der Waals surface area contributed by atoms with E-state index >= 15 is 0 Å². The van der Waals surface area contributed by atoms with E-state index in [1.165, 1.54) is 12.0 Å². The first-order valence-corrected chi connectivity index (χ1v) is 21.4. The Hall–Kier alpha value is -2.63. The molecule has 1 saturated carbocycles. The lowest BCUT2D eigenvalue weighted by Crippen LogP contribution is -2.60. The molecule has 1 unspecified atom stereocenters. The molecule has 0 aromatic heterocycles. The fraction of sp³-hybridized carbons (Fsp3) is 0.634. The Labute approximate surface area is 316 Å². The second kappa shape index (κ2) is 15.2. The van der Waals surface area contributed by atoms with Crippen molar-refractivity contribution in [2.75, 3.05) is 44.7 Å². The summed E-state index contributed by atoms with van der Waals surface area (Å²) in [6.07, 6.45) is 11.6. The molecule has 1 aliphatic carbocycles. The van der Waals surface area contributed by atoms with E-state index in [9.17, 15) is 13.2 Å². The molecule has 3 fully saturated rings. The van der Waals surface area contributed by atoms with E-state index in [2.05, 4.69) is 45.4 Å².